The molecule has 16 heavy (non-hydrogen) atoms. The molecule has 0 amide bonds. The number of benzene rings is 1. The maximum absolute atomic E-state index is 11.6. The molecule has 1 aliphatic heterocycles. The van der Waals surface area contributed by atoms with Crippen molar-refractivity contribution in [1.82, 2.24) is 0 Å². The lowest BCUT2D eigenvalue weighted by molar-refractivity contribution is -0.145. The van der Waals surface area contributed by atoms with Gasteiger partial charge in [0.2, 0.25) is 0 Å². The van der Waals surface area contributed by atoms with Gasteiger partial charge in [-0.25, -0.2) is 4.79 Å². The van der Waals surface area contributed by atoms with Crippen molar-refractivity contribution in [3.63, 3.8) is 0 Å². The smallest absolute Gasteiger partial charge is 0.334 e. The number of nitrogens with zero attached hydrogens (tertiary/aromatic N) is 1. The summed E-state index contributed by atoms with van der Waals surface area (Å²) in [5.41, 5.74) is 0.324. The Morgan fingerprint density at radius 2 is 2.12 bits per heavy atom. The Kier molecular flexibility index (Phi) is 3.01. The molecule has 1 heterocycles. The quantitative estimate of drug-likeness (QED) is 0.737. The van der Waals surface area contributed by atoms with Gasteiger partial charge in [0.05, 0.1) is 12.2 Å². The summed E-state index contributed by atoms with van der Waals surface area (Å²) in [5, 5.41) is 0.911. The average molecular weight is 235 g/mol. The predicted molar refractivity (Wildman–Crippen MR) is 65.9 cm³/mol. The highest BCUT2D eigenvalue weighted by molar-refractivity contribution is 8.14. The lowest BCUT2D eigenvalue weighted by atomic mass is 10.1. The minimum Gasteiger partial charge on any atom is -0.467 e. The summed E-state index contributed by atoms with van der Waals surface area (Å²) in [4.78, 5) is 16.0. The molecule has 1 atom stereocenters. The Morgan fingerprint density at radius 1 is 1.44 bits per heavy atom. The molecular formula is C12H13NO2S. The van der Waals surface area contributed by atoms with E-state index < -0.39 is 5.54 Å². The third kappa shape index (κ3) is 1.97. The zero-order valence-corrected chi connectivity index (χ0v) is 10.1. The topological polar surface area (TPSA) is 38.7 Å². The van der Waals surface area contributed by atoms with Crippen LogP contribution in [0.3, 0.4) is 0 Å². The number of thioether (sulfide) groups is 1. The number of ether oxygens (including phenoxy) is 1. The maximum atomic E-state index is 11.6. The molecule has 1 unspecified atom stereocenters. The Hall–Kier alpha value is -1.29. The monoisotopic (exact) mass is 235 g/mol. The molecule has 2 rings (SSSR count). The van der Waals surface area contributed by atoms with Crippen molar-refractivity contribution in [2.45, 2.75) is 12.5 Å². The molecule has 1 aromatic carbocycles. The third-order valence-corrected chi connectivity index (χ3v) is 3.79. The number of aliphatic imine (C=N–C) groups is 1. The van der Waals surface area contributed by atoms with Crippen LogP contribution < -0.4 is 0 Å². The van der Waals surface area contributed by atoms with Crippen molar-refractivity contribution in [3.8, 4) is 0 Å². The van der Waals surface area contributed by atoms with E-state index >= 15 is 0 Å². The Balaban J connectivity index is 2.28. The van der Waals surface area contributed by atoms with Crippen molar-refractivity contribution in [2.24, 2.45) is 4.99 Å². The molecule has 84 valence electrons. The number of carbonyl (C=O) groups is 1. The zero-order chi connectivity index (χ0) is 11.6. The van der Waals surface area contributed by atoms with E-state index in [-0.39, 0.29) is 5.97 Å². The van der Waals surface area contributed by atoms with Crippen molar-refractivity contribution >= 4 is 22.8 Å². The summed E-state index contributed by atoms with van der Waals surface area (Å²) < 4.78 is 4.76. The molecular weight excluding hydrogens is 222 g/mol. The van der Waals surface area contributed by atoms with Crippen LogP contribution >= 0.6 is 11.8 Å². The molecule has 0 radical (unpaired) electrons. The second-order valence-electron chi connectivity index (χ2n) is 3.84. The molecule has 3 nitrogen and oxygen atoms in total. The first-order valence-corrected chi connectivity index (χ1v) is 6.01. The predicted octanol–water partition coefficient (Wildman–Crippen LogP) is 2.11. The van der Waals surface area contributed by atoms with Crippen LogP contribution in [-0.4, -0.2) is 29.4 Å². The Bertz CT molecular complexity index is 430. The van der Waals surface area contributed by atoms with E-state index in [0.29, 0.717) is 5.75 Å². The Morgan fingerprint density at radius 3 is 2.75 bits per heavy atom. The fourth-order valence-corrected chi connectivity index (χ4v) is 2.72. The van der Waals surface area contributed by atoms with Crippen LogP contribution in [0.2, 0.25) is 0 Å². The summed E-state index contributed by atoms with van der Waals surface area (Å²) in [5.74, 6) is 0.370. The van der Waals surface area contributed by atoms with E-state index in [1.807, 2.05) is 37.3 Å². The largest absolute Gasteiger partial charge is 0.467 e. The summed E-state index contributed by atoms with van der Waals surface area (Å²) in [6.07, 6.45) is 0. The first-order valence-electron chi connectivity index (χ1n) is 5.02. The van der Waals surface area contributed by atoms with Crippen LogP contribution in [0.15, 0.2) is 35.3 Å². The molecule has 0 saturated heterocycles. The van der Waals surface area contributed by atoms with Crippen LogP contribution in [0.5, 0.6) is 0 Å². The highest BCUT2D eigenvalue weighted by Crippen LogP contribution is 2.31. The van der Waals surface area contributed by atoms with Crippen molar-refractivity contribution in [3.05, 3.63) is 35.9 Å². The summed E-state index contributed by atoms with van der Waals surface area (Å²) in [7, 11) is 1.40. The van der Waals surface area contributed by atoms with E-state index in [4.69, 9.17) is 4.74 Å². The number of hydrogen-bond donors (Lipinski definition) is 0. The highest BCUT2D eigenvalue weighted by atomic mass is 32.2. The zero-order valence-electron chi connectivity index (χ0n) is 9.27. The average Bonchev–Trinajstić information content (AvgIpc) is 2.73. The Labute approximate surface area is 98.9 Å². The highest BCUT2D eigenvalue weighted by Gasteiger charge is 2.39. The van der Waals surface area contributed by atoms with Crippen LogP contribution in [0.1, 0.15) is 12.5 Å². The van der Waals surface area contributed by atoms with Crippen LogP contribution in [0.25, 0.3) is 0 Å². The molecule has 0 fully saturated rings. The molecule has 0 bridgehead atoms. The second kappa shape index (κ2) is 4.29. The number of methoxy groups -OCH3 is 1. The molecule has 1 aliphatic rings. The van der Waals surface area contributed by atoms with Gasteiger partial charge in [-0.3, -0.25) is 4.99 Å². The van der Waals surface area contributed by atoms with Crippen LogP contribution in [0.4, 0.5) is 0 Å². The third-order valence-electron chi connectivity index (χ3n) is 2.48. The lowest BCUT2D eigenvalue weighted by Gasteiger charge is -2.15. The summed E-state index contributed by atoms with van der Waals surface area (Å²) in [6.45, 7) is 1.81. The van der Waals surface area contributed by atoms with Crippen molar-refractivity contribution < 1.29 is 9.53 Å². The van der Waals surface area contributed by atoms with Gasteiger partial charge >= 0.3 is 5.97 Å². The van der Waals surface area contributed by atoms with Gasteiger partial charge in [0.15, 0.2) is 5.54 Å². The molecule has 0 N–H and O–H groups in total. The fourth-order valence-electron chi connectivity index (χ4n) is 1.55. The molecule has 1 aromatic rings. The molecule has 0 aromatic heterocycles. The van der Waals surface area contributed by atoms with Gasteiger partial charge in [-0.05, 0) is 6.92 Å². The van der Waals surface area contributed by atoms with E-state index in [1.54, 1.807) is 11.8 Å². The second-order valence-corrected chi connectivity index (χ2v) is 4.80. The summed E-state index contributed by atoms with van der Waals surface area (Å²) >= 11 is 1.60. The van der Waals surface area contributed by atoms with Crippen molar-refractivity contribution in [1.29, 1.82) is 0 Å². The number of esters is 1. The first kappa shape index (κ1) is 11.2. The van der Waals surface area contributed by atoms with E-state index in [2.05, 4.69) is 4.99 Å². The summed E-state index contributed by atoms with van der Waals surface area (Å²) in [6, 6.07) is 9.88. The standard InChI is InChI=1S/C12H13NO2S/c1-12(11(14)15-2)8-16-10(13-12)9-6-4-3-5-7-9/h3-7H,8H2,1-2H3. The van der Waals surface area contributed by atoms with Gasteiger partial charge in [0, 0.05) is 11.3 Å². The van der Waals surface area contributed by atoms with Gasteiger partial charge in [-0.2, -0.15) is 0 Å². The first-order chi connectivity index (χ1) is 7.65. The minimum atomic E-state index is -0.732. The molecule has 4 heteroatoms. The minimum absolute atomic E-state index is 0.272. The van der Waals surface area contributed by atoms with Gasteiger partial charge in [0.1, 0.15) is 0 Å². The van der Waals surface area contributed by atoms with E-state index in [1.165, 1.54) is 7.11 Å². The van der Waals surface area contributed by atoms with Crippen LogP contribution in [-0.2, 0) is 9.53 Å². The van der Waals surface area contributed by atoms with E-state index in [0.717, 1.165) is 10.6 Å². The molecule has 0 spiro atoms. The number of carbonyl (C=O) groups excluding carboxylic acids is 1. The van der Waals surface area contributed by atoms with Gasteiger partial charge < -0.3 is 4.74 Å². The maximum Gasteiger partial charge on any atom is 0.334 e. The lowest BCUT2D eigenvalue weighted by Crippen LogP contribution is -2.34. The number of rotatable bonds is 2. The van der Waals surface area contributed by atoms with Crippen LogP contribution in [0, 0.1) is 0 Å². The van der Waals surface area contributed by atoms with Gasteiger partial charge in [-0.15, -0.1) is 11.8 Å². The van der Waals surface area contributed by atoms with E-state index in [9.17, 15) is 4.79 Å². The van der Waals surface area contributed by atoms with Gasteiger partial charge in [-0.1, -0.05) is 30.3 Å². The number of hydrogen-bond acceptors (Lipinski definition) is 4. The normalized spacial score (nSPS) is 24.0. The SMILES string of the molecule is COC(=O)C1(C)CSC(c2ccccc2)=N1. The van der Waals surface area contributed by atoms with Gasteiger partial charge in [0.25, 0.3) is 0 Å². The fraction of sp³-hybridized carbons (Fsp3) is 0.333. The molecule has 0 saturated carbocycles. The molecule has 0 aliphatic carbocycles. The van der Waals surface area contributed by atoms with Crippen molar-refractivity contribution in [2.75, 3.05) is 12.9 Å².